The number of nitrogens with one attached hydrogen (secondary N) is 2. The fourth-order valence-electron chi connectivity index (χ4n) is 2.83. The number of rotatable bonds is 5. The molecule has 1 heterocycles. The van der Waals surface area contributed by atoms with Gasteiger partial charge in [-0.3, -0.25) is 0 Å². The molecular weight excluding hydrogens is 370 g/mol. The average Bonchev–Trinajstić information content (AvgIpc) is 3.11. The summed E-state index contributed by atoms with van der Waals surface area (Å²) in [6.45, 7) is 2.37. The fourth-order valence-corrected chi connectivity index (χ4v) is 3.71. The molecule has 4 rings (SSSR count). The average molecular weight is 389 g/mol. The molecule has 4 aromatic rings. The van der Waals surface area contributed by atoms with Gasteiger partial charge in [0.05, 0.1) is 10.2 Å². The van der Waals surface area contributed by atoms with Gasteiger partial charge in [0.25, 0.3) is 0 Å². The SMILES string of the molecule is Cc1cc(NC(=O)Nc2ccccc2)ccc1OCc1nc2ccccc2s1. The van der Waals surface area contributed by atoms with E-state index in [1.807, 2.05) is 73.7 Å². The highest BCUT2D eigenvalue weighted by molar-refractivity contribution is 7.18. The maximum absolute atomic E-state index is 12.1. The van der Waals surface area contributed by atoms with Crippen LogP contribution in [-0.2, 0) is 6.61 Å². The molecule has 0 unspecified atom stereocenters. The number of aromatic nitrogens is 1. The zero-order chi connectivity index (χ0) is 19.3. The predicted molar refractivity (Wildman–Crippen MR) is 114 cm³/mol. The van der Waals surface area contributed by atoms with Gasteiger partial charge in [0.1, 0.15) is 17.4 Å². The van der Waals surface area contributed by atoms with Crippen LogP contribution >= 0.6 is 11.3 Å². The highest BCUT2D eigenvalue weighted by atomic mass is 32.1. The summed E-state index contributed by atoms with van der Waals surface area (Å²) >= 11 is 1.63. The van der Waals surface area contributed by atoms with Crippen LogP contribution in [0.2, 0.25) is 0 Å². The number of para-hydroxylation sites is 2. The van der Waals surface area contributed by atoms with Crippen molar-refractivity contribution in [3.8, 4) is 5.75 Å². The molecular formula is C22H19N3O2S. The number of carbonyl (C=O) groups excluding carboxylic acids is 1. The van der Waals surface area contributed by atoms with E-state index in [2.05, 4.69) is 21.7 Å². The summed E-state index contributed by atoms with van der Waals surface area (Å²) in [5.41, 5.74) is 3.39. The Labute approximate surface area is 167 Å². The van der Waals surface area contributed by atoms with E-state index in [-0.39, 0.29) is 6.03 Å². The molecule has 0 aliphatic carbocycles. The minimum atomic E-state index is -0.284. The van der Waals surface area contributed by atoms with E-state index in [1.54, 1.807) is 11.3 Å². The van der Waals surface area contributed by atoms with Gasteiger partial charge in [0.15, 0.2) is 0 Å². The second-order valence-corrected chi connectivity index (χ2v) is 7.40. The minimum Gasteiger partial charge on any atom is -0.486 e. The van der Waals surface area contributed by atoms with Crippen molar-refractivity contribution in [2.24, 2.45) is 0 Å². The first-order valence-electron chi connectivity index (χ1n) is 8.88. The van der Waals surface area contributed by atoms with Crippen molar-refractivity contribution in [3.05, 3.63) is 83.4 Å². The first-order valence-corrected chi connectivity index (χ1v) is 9.70. The normalized spacial score (nSPS) is 10.6. The van der Waals surface area contributed by atoms with Crippen LogP contribution in [-0.4, -0.2) is 11.0 Å². The number of urea groups is 1. The third-order valence-corrected chi connectivity index (χ3v) is 5.16. The molecule has 6 heteroatoms. The Hall–Kier alpha value is -3.38. The van der Waals surface area contributed by atoms with Crippen LogP contribution in [0.25, 0.3) is 10.2 Å². The maximum Gasteiger partial charge on any atom is 0.323 e. The molecule has 2 amide bonds. The number of anilines is 2. The topological polar surface area (TPSA) is 63.2 Å². The van der Waals surface area contributed by atoms with Crippen LogP contribution in [0.15, 0.2) is 72.8 Å². The van der Waals surface area contributed by atoms with Gasteiger partial charge in [-0.25, -0.2) is 9.78 Å². The quantitative estimate of drug-likeness (QED) is 0.451. The first-order chi connectivity index (χ1) is 13.7. The van der Waals surface area contributed by atoms with E-state index in [0.717, 1.165) is 32.2 Å². The zero-order valence-corrected chi connectivity index (χ0v) is 16.1. The molecule has 28 heavy (non-hydrogen) atoms. The lowest BCUT2D eigenvalue weighted by Crippen LogP contribution is -2.19. The summed E-state index contributed by atoms with van der Waals surface area (Å²) in [5, 5.41) is 6.56. The summed E-state index contributed by atoms with van der Waals surface area (Å²) < 4.78 is 7.08. The molecule has 0 saturated heterocycles. The van der Waals surface area contributed by atoms with E-state index < -0.39 is 0 Å². The number of thiazole rings is 1. The molecule has 5 nitrogen and oxygen atoms in total. The van der Waals surface area contributed by atoms with E-state index in [0.29, 0.717) is 12.3 Å². The summed E-state index contributed by atoms with van der Waals surface area (Å²) in [4.78, 5) is 16.7. The van der Waals surface area contributed by atoms with Crippen LogP contribution in [0.4, 0.5) is 16.2 Å². The maximum atomic E-state index is 12.1. The predicted octanol–water partition coefficient (Wildman–Crippen LogP) is 5.83. The highest BCUT2D eigenvalue weighted by Gasteiger charge is 2.08. The number of hydrogen-bond donors (Lipinski definition) is 2. The molecule has 0 aliphatic rings. The molecule has 2 N–H and O–H groups in total. The Kier molecular flexibility index (Phi) is 5.21. The van der Waals surface area contributed by atoms with Crippen LogP contribution in [0.3, 0.4) is 0 Å². The van der Waals surface area contributed by atoms with Gasteiger partial charge < -0.3 is 15.4 Å². The van der Waals surface area contributed by atoms with Gasteiger partial charge in [0, 0.05) is 11.4 Å². The van der Waals surface area contributed by atoms with Gasteiger partial charge in [-0.1, -0.05) is 30.3 Å². The third kappa shape index (κ3) is 4.29. The smallest absolute Gasteiger partial charge is 0.323 e. The van der Waals surface area contributed by atoms with Crippen molar-refractivity contribution in [1.29, 1.82) is 0 Å². The lowest BCUT2D eigenvalue weighted by molar-refractivity contribution is 0.262. The number of fused-ring (bicyclic) bond motifs is 1. The Bertz CT molecular complexity index is 1080. The number of aryl methyl sites for hydroxylation is 1. The molecule has 0 aliphatic heterocycles. The molecule has 0 bridgehead atoms. The summed E-state index contributed by atoms with van der Waals surface area (Å²) in [7, 11) is 0. The van der Waals surface area contributed by atoms with E-state index in [9.17, 15) is 4.79 Å². The van der Waals surface area contributed by atoms with Crippen LogP contribution in [0.5, 0.6) is 5.75 Å². The minimum absolute atomic E-state index is 0.284. The molecule has 0 spiro atoms. The van der Waals surface area contributed by atoms with E-state index in [1.165, 1.54) is 0 Å². The number of hydrogen-bond acceptors (Lipinski definition) is 4. The first kappa shape index (κ1) is 18.0. The van der Waals surface area contributed by atoms with Crippen molar-refractivity contribution in [2.45, 2.75) is 13.5 Å². The van der Waals surface area contributed by atoms with Crippen molar-refractivity contribution < 1.29 is 9.53 Å². The fraction of sp³-hybridized carbons (Fsp3) is 0.0909. The monoisotopic (exact) mass is 389 g/mol. The van der Waals surface area contributed by atoms with Crippen LogP contribution in [0, 0.1) is 6.92 Å². The van der Waals surface area contributed by atoms with Crippen molar-refractivity contribution in [2.75, 3.05) is 10.6 Å². The second-order valence-electron chi connectivity index (χ2n) is 6.29. The van der Waals surface area contributed by atoms with Crippen molar-refractivity contribution in [1.82, 2.24) is 4.98 Å². The number of carbonyl (C=O) groups is 1. The standard InChI is InChI=1S/C22H19N3O2S/c1-15-13-17(24-22(26)23-16-7-3-2-4-8-16)11-12-19(15)27-14-21-25-18-9-5-6-10-20(18)28-21/h2-13H,14H2,1H3,(H2,23,24,26). The molecule has 0 atom stereocenters. The molecule has 3 aromatic carbocycles. The van der Waals surface area contributed by atoms with Crippen molar-refractivity contribution >= 4 is 39.0 Å². The van der Waals surface area contributed by atoms with Gasteiger partial charge >= 0.3 is 6.03 Å². The Morgan fingerprint density at radius 1 is 0.964 bits per heavy atom. The lowest BCUT2D eigenvalue weighted by atomic mass is 10.2. The molecule has 0 fully saturated rings. The van der Waals surface area contributed by atoms with E-state index >= 15 is 0 Å². The summed E-state index contributed by atoms with van der Waals surface area (Å²) in [6, 6.07) is 22.7. The van der Waals surface area contributed by atoms with Gasteiger partial charge in [-0.2, -0.15) is 0 Å². The zero-order valence-electron chi connectivity index (χ0n) is 15.3. The number of nitrogens with zero attached hydrogens (tertiary/aromatic N) is 1. The van der Waals surface area contributed by atoms with E-state index in [4.69, 9.17) is 4.74 Å². The largest absolute Gasteiger partial charge is 0.486 e. The number of amides is 2. The molecule has 140 valence electrons. The summed E-state index contributed by atoms with van der Waals surface area (Å²) in [6.07, 6.45) is 0. The van der Waals surface area contributed by atoms with Gasteiger partial charge in [0.2, 0.25) is 0 Å². The lowest BCUT2D eigenvalue weighted by Gasteiger charge is -2.11. The molecule has 0 radical (unpaired) electrons. The third-order valence-electron chi connectivity index (χ3n) is 4.15. The van der Waals surface area contributed by atoms with Gasteiger partial charge in [-0.15, -0.1) is 11.3 Å². The highest BCUT2D eigenvalue weighted by Crippen LogP contribution is 2.26. The number of benzene rings is 3. The Morgan fingerprint density at radius 2 is 1.71 bits per heavy atom. The van der Waals surface area contributed by atoms with Crippen LogP contribution < -0.4 is 15.4 Å². The second kappa shape index (κ2) is 8.10. The van der Waals surface area contributed by atoms with Gasteiger partial charge in [-0.05, 0) is 55.0 Å². The number of ether oxygens (including phenoxy) is 1. The Balaban J connectivity index is 1.37. The molecule has 1 aromatic heterocycles. The molecule has 0 saturated carbocycles. The van der Waals surface area contributed by atoms with Crippen LogP contribution in [0.1, 0.15) is 10.6 Å². The summed E-state index contributed by atoms with van der Waals surface area (Å²) in [5.74, 6) is 0.772. The van der Waals surface area contributed by atoms with Crippen molar-refractivity contribution in [3.63, 3.8) is 0 Å². The Morgan fingerprint density at radius 3 is 2.50 bits per heavy atom.